The highest BCUT2D eigenvalue weighted by Gasteiger charge is 2.19. The van der Waals surface area contributed by atoms with Crippen molar-refractivity contribution in [2.75, 3.05) is 13.2 Å². The van der Waals surface area contributed by atoms with Gasteiger partial charge in [0.1, 0.15) is 12.4 Å². The molecule has 9 heteroatoms. The molecular formula is C36H35BrIN3O4. The van der Waals surface area contributed by atoms with Crippen LogP contribution in [0.2, 0.25) is 0 Å². The van der Waals surface area contributed by atoms with Crippen molar-refractivity contribution in [1.82, 2.24) is 9.66 Å². The molecule has 1 heterocycles. The molecule has 0 aliphatic heterocycles. The topological polar surface area (TPSA) is 74.9 Å². The Labute approximate surface area is 285 Å². The minimum absolute atomic E-state index is 0.207. The highest BCUT2D eigenvalue weighted by atomic mass is 127. The Morgan fingerprint density at radius 1 is 0.956 bits per heavy atom. The molecule has 0 spiro atoms. The van der Waals surface area contributed by atoms with Gasteiger partial charge >= 0.3 is 0 Å². The average molecular weight is 781 g/mol. The van der Waals surface area contributed by atoms with E-state index < -0.39 is 0 Å². The van der Waals surface area contributed by atoms with Crippen LogP contribution in [0.1, 0.15) is 55.9 Å². The number of fused-ring (bicyclic) bond motifs is 1. The van der Waals surface area contributed by atoms with Gasteiger partial charge in [0.25, 0.3) is 5.56 Å². The van der Waals surface area contributed by atoms with Gasteiger partial charge < -0.3 is 14.2 Å². The van der Waals surface area contributed by atoms with Crippen molar-refractivity contribution >= 4 is 55.6 Å². The van der Waals surface area contributed by atoms with Crippen molar-refractivity contribution in [3.05, 3.63) is 113 Å². The third-order valence-corrected chi connectivity index (χ3v) is 8.55. The van der Waals surface area contributed by atoms with Gasteiger partial charge in [-0.15, -0.1) is 0 Å². The van der Waals surface area contributed by atoms with E-state index in [0.717, 1.165) is 41.6 Å². The van der Waals surface area contributed by atoms with Crippen molar-refractivity contribution in [3.63, 3.8) is 0 Å². The molecule has 0 aliphatic carbocycles. The summed E-state index contributed by atoms with van der Waals surface area (Å²) in [6, 6.07) is 23.3. The van der Waals surface area contributed by atoms with Crippen LogP contribution in [0, 0.1) is 10.5 Å². The summed E-state index contributed by atoms with van der Waals surface area (Å²) in [5, 5.41) is 5.22. The van der Waals surface area contributed by atoms with Crippen molar-refractivity contribution in [1.29, 1.82) is 0 Å². The molecule has 0 atom stereocenters. The molecule has 0 saturated carbocycles. The van der Waals surface area contributed by atoms with Gasteiger partial charge in [-0.05, 0) is 120 Å². The van der Waals surface area contributed by atoms with E-state index in [0.29, 0.717) is 48.0 Å². The number of halogens is 2. The molecule has 0 saturated heterocycles. The molecular weight excluding hydrogens is 745 g/mol. The highest BCUT2D eigenvalue weighted by Crippen LogP contribution is 2.36. The van der Waals surface area contributed by atoms with Gasteiger partial charge in [-0.2, -0.15) is 9.78 Å². The van der Waals surface area contributed by atoms with Gasteiger partial charge in [0.15, 0.2) is 17.3 Å². The van der Waals surface area contributed by atoms with Crippen LogP contribution in [0.3, 0.4) is 0 Å². The summed E-state index contributed by atoms with van der Waals surface area (Å²) in [6.45, 7) is 11.6. The summed E-state index contributed by atoms with van der Waals surface area (Å²) in [4.78, 5) is 18.9. The number of benzene rings is 4. The summed E-state index contributed by atoms with van der Waals surface area (Å²) < 4.78 is 21.4. The quantitative estimate of drug-likeness (QED) is 0.0988. The minimum Gasteiger partial charge on any atom is -0.494 e. The number of hydrogen-bond donors (Lipinski definition) is 0. The largest absolute Gasteiger partial charge is 0.494 e. The Balaban J connectivity index is 1.59. The monoisotopic (exact) mass is 779 g/mol. The molecule has 0 fully saturated rings. The standard InChI is InChI=1S/C36H35BrIN3O4/c1-6-43-32-16-23(5)29(19-28(32)22(3)4)35-40-31-11-9-8-10-27(31)36(42)41(35)39-20-25-17-30(38)34(33(18-25)44-7-2)45-21-24-12-14-26(37)15-13-24/h8-20,22H,6-7,21H2,1-5H3. The molecule has 0 unspecified atom stereocenters. The molecule has 1 aromatic heterocycles. The predicted octanol–water partition coefficient (Wildman–Crippen LogP) is 9.12. The number of ether oxygens (including phenoxy) is 3. The lowest BCUT2D eigenvalue weighted by Gasteiger charge is -2.18. The molecule has 0 amide bonds. The van der Waals surface area contributed by atoms with E-state index in [-0.39, 0.29) is 11.5 Å². The zero-order valence-corrected chi connectivity index (χ0v) is 29.7. The first-order valence-corrected chi connectivity index (χ1v) is 16.7. The number of nitrogens with zero attached hydrogens (tertiary/aromatic N) is 3. The highest BCUT2D eigenvalue weighted by molar-refractivity contribution is 14.1. The molecule has 5 rings (SSSR count). The third-order valence-electron chi connectivity index (χ3n) is 7.22. The van der Waals surface area contributed by atoms with Crippen molar-refractivity contribution in [3.8, 4) is 28.6 Å². The second kappa shape index (κ2) is 14.6. The van der Waals surface area contributed by atoms with Crippen LogP contribution in [0.15, 0.2) is 87.2 Å². The van der Waals surface area contributed by atoms with E-state index in [1.54, 1.807) is 12.3 Å². The van der Waals surface area contributed by atoms with Crippen molar-refractivity contribution < 1.29 is 14.2 Å². The van der Waals surface area contributed by atoms with Crippen LogP contribution in [-0.4, -0.2) is 29.1 Å². The van der Waals surface area contributed by atoms with Crippen LogP contribution in [0.25, 0.3) is 22.3 Å². The molecule has 0 aliphatic rings. The number of hydrogen-bond acceptors (Lipinski definition) is 6. The van der Waals surface area contributed by atoms with Crippen LogP contribution in [0.5, 0.6) is 17.2 Å². The lowest BCUT2D eigenvalue weighted by Crippen LogP contribution is -2.21. The molecule has 4 aromatic carbocycles. The Morgan fingerprint density at radius 3 is 2.38 bits per heavy atom. The fourth-order valence-electron chi connectivity index (χ4n) is 5.00. The van der Waals surface area contributed by atoms with E-state index in [1.807, 2.05) is 81.4 Å². The summed E-state index contributed by atoms with van der Waals surface area (Å²) in [5.41, 5.74) is 4.98. The zero-order chi connectivity index (χ0) is 32.1. The first-order valence-electron chi connectivity index (χ1n) is 14.9. The maximum atomic E-state index is 13.9. The average Bonchev–Trinajstić information content (AvgIpc) is 3.01. The summed E-state index contributed by atoms with van der Waals surface area (Å²) >= 11 is 5.72. The molecule has 0 bridgehead atoms. The molecule has 45 heavy (non-hydrogen) atoms. The van der Waals surface area contributed by atoms with Gasteiger partial charge in [-0.1, -0.05) is 54.0 Å². The van der Waals surface area contributed by atoms with Crippen LogP contribution in [0.4, 0.5) is 0 Å². The first-order chi connectivity index (χ1) is 21.7. The number of aromatic nitrogens is 2. The fraction of sp³-hybridized carbons (Fsp3) is 0.250. The predicted molar refractivity (Wildman–Crippen MR) is 193 cm³/mol. The number of aryl methyl sites for hydroxylation is 1. The van der Waals surface area contributed by atoms with Crippen LogP contribution < -0.4 is 19.8 Å². The molecule has 7 nitrogen and oxygen atoms in total. The van der Waals surface area contributed by atoms with Crippen LogP contribution >= 0.6 is 38.5 Å². The SMILES string of the molecule is CCOc1cc(C)c(-c2nc3ccccc3c(=O)n2N=Cc2cc(I)c(OCc3ccc(Br)cc3)c(OCC)c2)cc1C(C)C. The van der Waals surface area contributed by atoms with E-state index in [2.05, 4.69) is 58.4 Å². The summed E-state index contributed by atoms with van der Waals surface area (Å²) in [7, 11) is 0. The van der Waals surface area contributed by atoms with E-state index in [1.165, 1.54) is 4.68 Å². The van der Waals surface area contributed by atoms with E-state index >= 15 is 0 Å². The molecule has 0 N–H and O–H groups in total. The normalized spacial score (nSPS) is 11.5. The minimum atomic E-state index is -0.250. The molecule has 0 radical (unpaired) electrons. The lowest BCUT2D eigenvalue weighted by atomic mass is 9.96. The van der Waals surface area contributed by atoms with Gasteiger partial charge in [-0.3, -0.25) is 4.79 Å². The second-order valence-electron chi connectivity index (χ2n) is 10.8. The maximum Gasteiger partial charge on any atom is 0.282 e. The van der Waals surface area contributed by atoms with E-state index in [9.17, 15) is 4.79 Å². The lowest BCUT2D eigenvalue weighted by molar-refractivity contribution is 0.267. The first kappa shape index (κ1) is 32.7. The Bertz CT molecular complexity index is 1920. The number of para-hydroxylation sites is 1. The second-order valence-corrected chi connectivity index (χ2v) is 12.9. The van der Waals surface area contributed by atoms with Gasteiger partial charge in [0.2, 0.25) is 0 Å². The number of rotatable bonds is 11. The van der Waals surface area contributed by atoms with Crippen molar-refractivity contribution in [2.45, 2.75) is 47.1 Å². The van der Waals surface area contributed by atoms with E-state index in [4.69, 9.17) is 24.3 Å². The van der Waals surface area contributed by atoms with Gasteiger partial charge in [0.05, 0.1) is 33.9 Å². The fourth-order valence-corrected chi connectivity index (χ4v) is 6.05. The molecule has 232 valence electrons. The smallest absolute Gasteiger partial charge is 0.282 e. The Morgan fingerprint density at radius 2 is 1.67 bits per heavy atom. The zero-order valence-electron chi connectivity index (χ0n) is 25.9. The Kier molecular flexibility index (Phi) is 10.6. The summed E-state index contributed by atoms with van der Waals surface area (Å²) in [5.74, 6) is 2.78. The molecule has 5 aromatic rings. The third kappa shape index (κ3) is 7.41. The van der Waals surface area contributed by atoms with Gasteiger partial charge in [-0.25, -0.2) is 4.98 Å². The summed E-state index contributed by atoms with van der Waals surface area (Å²) in [6.07, 6.45) is 1.66. The van der Waals surface area contributed by atoms with Crippen molar-refractivity contribution in [2.24, 2.45) is 5.10 Å². The Hall–Kier alpha value is -3.70. The van der Waals surface area contributed by atoms with Crippen LogP contribution in [-0.2, 0) is 6.61 Å². The maximum absolute atomic E-state index is 13.9. The van der Waals surface area contributed by atoms with Gasteiger partial charge in [0, 0.05) is 10.0 Å².